The number of hydrogen-bond donors (Lipinski definition) is 7. The third-order valence-corrected chi connectivity index (χ3v) is 6.18. The zero-order valence-corrected chi connectivity index (χ0v) is 21.1. The number of aliphatic carboxylic acids is 2. The lowest BCUT2D eigenvalue weighted by Gasteiger charge is -2.29. The predicted molar refractivity (Wildman–Crippen MR) is 129 cm³/mol. The number of amides is 3. The summed E-state index contributed by atoms with van der Waals surface area (Å²) in [7, 11) is 0. The van der Waals surface area contributed by atoms with E-state index in [4.69, 9.17) is 10.8 Å². The lowest BCUT2D eigenvalue weighted by atomic mass is 9.95. The van der Waals surface area contributed by atoms with Gasteiger partial charge in [0.1, 0.15) is 18.1 Å². The summed E-state index contributed by atoms with van der Waals surface area (Å²) in [5.74, 6) is -5.21. The normalized spacial score (nSPS) is 16.0. The Morgan fingerprint density at radius 1 is 0.944 bits per heavy atom. The van der Waals surface area contributed by atoms with E-state index in [1.54, 1.807) is 27.7 Å². The number of nitrogens with two attached hydrogens (primary N) is 1. The van der Waals surface area contributed by atoms with Crippen molar-refractivity contribution < 1.29 is 34.2 Å². The van der Waals surface area contributed by atoms with E-state index in [2.05, 4.69) is 25.9 Å². The molecule has 0 aliphatic heterocycles. The number of carbonyl (C=O) groups excluding carboxylic acids is 3. The SMILES string of the molecule is CCC(C)C(NC(=O)C(NC(=O)C(CCC(=O)O)NC(=O)C(N)Cc1cnc[nH]1)C(C)CC)C(=O)O. The fourth-order valence-corrected chi connectivity index (χ4v) is 3.42. The van der Waals surface area contributed by atoms with Crippen molar-refractivity contribution in [3.8, 4) is 0 Å². The van der Waals surface area contributed by atoms with Gasteiger partial charge in [-0.2, -0.15) is 0 Å². The Balaban J connectivity index is 3.02. The first-order chi connectivity index (χ1) is 16.9. The molecular weight excluding hydrogens is 472 g/mol. The van der Waals surface area contributed by atoms with Gasteiger partial charge in [-0.15, -0.1) is 0 Å². The van der Waals surface area contributed by atoms with E-state index >= 15 is 0 Å². The lowest BCUT2D eigenvalue weighted by Crippen LogP contribution is -2.59. The van der Waals surface area contributed by atoms with Gasteiger partial charge < -0.3 is 36.9 Å². The summed E-state index contributed by atoms with van der Waals surface area (Å²) in [5, 5.41) is 26.1. The van der Waals surface area contributed by atoms with Crippen LogP contribution in [0.3, 0.4) is 0 Å². The number of aromatic nitrogens is 2. The first-order valence-corrected chi connectivity index (χ1v) is 12.0. The van der Waals surface area contributed by atoms with E-state index in [-0.39, 0.29) is 24.7 Å². The molecule has 202 valence electrons. The van der Waals surface area contributed by atoms with Crippen LogP contribution in [0.2, 0.25) is 0 Å². The second-order valence-electron chi connectivity index (χ2n) is 8.96. The molecule has 8 N–H and O–H groups in total. The molecule has 0 saturated heterocycles. The summed E-state index contributed by atoms with van der Waals surface area (Å²) in [6, 6.07) is -4.55. The Morgan fingerprint density at radius 3 is 2.03 bits per heavy atom. The first-order valence-electron chi connectivity index (χ1n) is 12.0. The Labute approximate surface area is 210 Å². The Kier molecular flexibility index (Phi) is 12.6. The molecule has 0 radical (unpaired) electrons. The Bertz CT molecular complexity index is 892. The van der Waals surface area contributed by atoms with E-state index in [0.717, 1.165) is 0 Å². The van der Waals surface area contributed by atoms with Crippen molar-refractivity contribution in [1.82, 2.24) is 25.9 Å². The number of carboxylic acids is 2. The number of carboxylic acid groups (broad SMARTS) is 2. The van der Waals surface area contributed by atoms with Crippen LogP contribution >= 0.6 is 0 Å². The Hall–Kier alpha value is -3.48. The standard InChI is InChI=1S/C23H38N6O7/c1-5-12(3)18(22(34)29-19(23(35)36)13(4)6-2)28-21(33)16(7-8-17(30)31)27-20(32)15(24)9-14-10-25-11-26-14/h10-13,15-16,18-19H,5-9,24H2,1-4H3,(H,25,26)(H,27,32)(H,28,33)(H,29,34)(H,30,31)(H,35,36). The number of aromatic amines is 1. The topological polar surface area (TPSA) is 217 Å². The monoisotopic (exact) mass is 510 g/mol. The molecule has 1 rings (SSSR count). The maximum Gasteiger partial charge on any atom is 0.326 e. The second kappa shape index (κ2) is 14.8. The second-order valence-corrected chi connectivity index (χ2v) is 8.96. The number of H-pyrrole nitrogens is 1. The highest BCUT2D eigenvalue weighted by molar-refractivity contribution is 5.94. The molecule has 0 saturated carbocycles. The van der Waals surface area contributed by atoms with Crippen molar-refractivity contribution >= 4 is 29.7 Å². The van der Waals surface area contributed by atoms with Gasteiger partial charge >= 0.3 is 11.9 Å². The summed E-state index contributed by atoms with van der Waals surface area (Å²) in [5.41, 5.74) is 6.53. The van der Waals surface area contributed by atoms with Gasteiger partial charge in [0.25, 0.3) is 0 Å². The number of nitrogens with one attached hydrogen (secondary N) is 4. The van der Waals surface area contributed by atoms with Crippen LogP contribution in [0.4, 0.5) is 0 Å². The fourth-order valence-electron chi connectivity index (χ4n) is 3.42. The highest BCUT2D eigenvalue weighted by Crippen LogP contribution is 2.13. The van der Waals surface area contributed by atoms with Crippen LogP contribution in [0.5, 0.6) is 0 Å². The molecule has 1 aromatic rings. The van der Waals surface area contributed by atoms with E-state index in [9.17, 15) is 29.1 Å². The summed E-state index contributed by atoms with van der Waals surface area (Å²) >= 11 is 0. The van der Waals surface area contributed by atoms with Gasteiger partial charge in [0.05, 0.1) is 12.4 Å². The van der Waals surface area contributed by atoms with Crippen LogP contribution in [0.25, 0.3) is 0 Å². The highest BCUT2D eigenvalue weighted by atomic mass is 16.4. The average molecular weight is 511 g/mol. The van der Waals surface area contributed by atoms with Gasteiger partial charge in [-0.1, -0.05) is 40.5 Å². The minimum atomic E-state index is -1.27. The number of carbonyl (C=O) groups is 5. The largest absolute Gasteiger partial charge is 0.481 e. The third kappa shape index (κ3) is 9.64. The zero-order valence-electron chi connectivity index (χ0n) is 21.1. The lowest BCUT2D eigenvalue weighted by molar-refractivity contribution is -0.144. The Morgan fingerprint density at radius 2 is 1.53 bits per heavy atom. The molecular formula is C23H38N6O7. The molecule has 1 aromatic heterocycles. The van der Waals surface area contributed by atoms with Gasteiger partial charge in [-0.25, -0.2) is 9.78 Å². The molecule has 6 atom stereocenters. The molecule has 0 fully saturated rings. The smallest absolute Gasteiger partial charge is 0.326 e. The van der Waals surface area contributed by atoms with Crippen LogP contribution in [0.15, 0.2) is 12.5 Å². The zero-order chi connectivity index (χ0) is 27.4. The molecule has 0 spiro atoms. The number of nitrogens with zero attached hydrogens (tertiary/aromatic N) is 1. The van der Waals surface area contributed by atoms with E-state index in [0.29, 0.717) is 18.5 Å². The molecule has 36 heavy (non-hydrogen) atoms. The minimum absolute atomic E-state index is 0.114. The molecule has 3 amide bonds. The predicted octanol–water partition coefficient (Wildman–Crippen LogP) is -0.224. The summed E-state index contributed by atoms with van der Waals surface area (Å²) in [6.07, 6.45) is 3.40. The third-order valence-electron chi connectivity index (χ3n) is 6.18. The number of hydrogen-bond acceptors (Lipinski definition) is 7. The van der Waals surface area contributed by atoms with Gasteiger partial charge in [0, 0.05) is 24.7 Å². The molecule has 13 nitrogen and oxygen atoms in total. The van der Waals surface area contributed by atoms with Crippen molar-refractivity contribution in [3.63, 3.8) is 0 Å². The molecule has 0 aliphatic rings. The molecule has 13 heteroatoms. The van der Waals surface area contributed by atoms with Crippen LogP contribution in [-0.2, 0) is 30.4 Å². The van der Waals surface area contributed by atoms with Crippen LogP contribution in [0, 0.1) is 11.8 Å². The molecule has 6 unspecified atom stereocenters. The van der Waals surface area contributed by atoms with E-state index < -0.39 is 60.2 Å². The molecule has 0 aromatic carbocycles. The maximum absolute atomic E-state index is 13.1. The number of imidazole rings is 1. The van der Waals surface area contributed by atoms with Crippen molar-refractivity contribution in [2.24, 2.45) is 17.6 Å². The van der Waals surface area contributed by atoms with E-state index in [1.165, 1.54) is 12.5 Å². The molecule has 1 heterocycles. The average Bonchev–Trinajstić information content (AvgIpc) is 3.34. The van der Waals surface area contributed by atoms with Gasteiger partial charge in [-0.3, -0.25) is 19.2 Å². The van der Waals surface area contributed by atoms with Crippen molar-refractivity contribution in [1.29, 1.82) is 0 Å². The summed E-state index contributed by atoms with van der Waals surface area (Å²) < 4.78 is 0. The number of rotatable bonds is 16. The van der Waals surface area contributed by atoms with Crippen molar-refractivity contribution in [2.75, 3.05) is 0 Å². The molecule has 0 bridgehead atoms. The van der Waals surface area contributed by atoms with Gasteiger partial charge in [0.2, 0.25) is 17.7 Å². The van der Waals surface area contributed by atoms with Crippen molar-refractivity contribution in [2.45, 2.75) is 84.0 Å². The van der Waals surface area contributed by atoms with Gasteiger partial charge in [0.15, 0.2) is 0 Å². The van der Waals surface area contributed by atoms with Crippen LogP contribution < -0.4 is 21.7 Å². The van der Waals surface area contributed by atoms with E-state index in [1.807, 2.05) is 0 Å². The maximum atomic E-state index is 13.1. The minimum Gasteiger partial charge on any atom is -0.481 e. The summed E-state index contributed by atoms with van der Waals surface area (Å²) in [4.78, 5) is 68.2. The summed E-state index contributed by atoms with van der Waals surface area (Å²) in [6.45, 7) is 7.01. The van der Waals surface area contributed by atoms with Crippen LogP contribution in [-0.4, -0.2) is 74.0 Å². The van der Waals surface area contributed by atoms with Crippen molar-refractivity contribution in [3.05, 3.63) is 18.2 Å². The van der Waals surface area contributed by atoms with Gasteiger partial charge in [-0.05, 0) is 18.3 Å². The molecule has 0 aliphatic carbocycles. The first kappa shape index (κ1) is 30.6. The quantitative estimate of drug-likeness (QED) is 0.156. The van der Waals surface area contributed by atoms with Crippen LogP contribution in [0.1, 0.15) is 59.1 Å². The fraction of sp³-hybridized carbons (Fsp3) is 0.652. The highest BCUT2D eigenvalue weighted by Gasteiger charge is 2.34.